The summed E-state index contributed by atoms with van der Waals surface area (Å²) in [6.07, 6.45) is 2.43. The zero-order valence-corrected chi connectivity index (χ0v) is 13.3. The van der Waals surface area contributed by atoms with Crippen LogP contribution < -0.4 is 11.1 Å². The van der Waals surface area contributed by atoms with Crippen LogP contribution in [0.3, 0.4) is 0 Å². The minimum atomic E-state index is 0.149. The molecule has 0 aliphatic carbocycles. The molecule has 0 bridgehead atoms. The average Bonchev–Trinajstić information content (AvgIpc) is 2.37. The van der Waals surface area contributed by atoms with Gasteiger partial charge in [-0.25, -0.2) is 0 Å². The highest BCUT2D eigenvalue weighted by Gasteiger charge is 2.19. The van der Waals surface area contributed by atoms with Gasteiger partial charge < -0.3 is 15.8 Å². The summed E-state index contributed by atoms with van der Waals surface area (Å²) in [5, 5.41) is 3.09. The van der Waals surface area contributed by atoms with Crippen LogP contribution >= 0.6 is 0 Å². The van der Waals surface area contributed by atoms with Crippen LogP contribution in [0.5, 0.6) is 0 Å². The van der Waals surface area contributed by atoms with Crippen molar-refractivity contribution in [2.24, 2.45) is 11.1 Å². The number of ether oxygens (including phenoxy) is 1. The Balaban J connectivity index is 2.20. The van der Waals surface area contributed by atoms with Crippen molar-refractivity contribution >= 4 is 5.91 Å². The first-order chi connectivity index (χ1) is 9.43. The van der Waals surface area contributed by atoms with Gasteiger partial charge in [-0.15, -0.1) is 0 Å². The van der Waals surface area contributed by atoms with E-state index in [2.05, 4.69) is 31.0 Å². The summed E-state index contributed by atoms with van der Waals surface area (Å²) in [5.41, 5.74) is 5.74. The fraction of sp³-hybridized carbons (Fsp3) is 0.933. The van der Waals surface area contributed by atoms with Crippen molar-refractivity contribution in [2.45, 2.75) is 46.1 Å². The summed E-state index contributed by atoms with van der Waals surface area (Å²) in [6, 6.07) is 0.193. The van der Waals surface area contributed by atoms with Crippen molar-refractivity contribution in [1.29, 1.82) is 0 Å². The number of nitrogens with zero attached hydrogens (tertiary/aromatic N) is 1. The molecule has 5 nitrogen and oxygen atoms in total. The molecule has 0 aromatic heterocycles. The summed E-state index contributed by atoms with van der Waals surface area (Å²) in [4.78, 5) is 14.3. The average molecular weight is 285 g/mol. The third-order valence-corrected chi connectivity index (χ3v) is 3.89. The first-order valence-corrected chi connectivity index (χ1v) is 7.72. The maximum Gasteiger partial charge on any atom is 0.220 e. The number of hydrogen-bond acceptors (Lipinski definition) is 4. The molecule has 0 aromatic carbocycles. The van der Waals surface area contributed by atoms with Crippen LogP contribution in [0.1, 0.15) is 40.0 Å². The molecule has 1 aliphatic heterocycles. The third-order valence-electron chi connectivity index (χ3n) is 3.89. The van der Waals surface area contributed by atoms with E-state index in [4.69, 9.17) is 10.5 Å². The van der Waals surface area contributed by atoms with Crippen LogP contribution in [0.2, 0.25) is 0 Å². The fourth-order valence-electron chi connectivity index (χ4n) is 2.53. The molecule has 5 heteroatoms. The van der Waals surface area contributed by atoms with E-state index < -0.39 is 0 Å². The number of carbonyl (C=O) groups is 1. The lowest BCUT2D eigenvalue weighted by atomic mass is 9.84. The van der Waals surface area contributed by atoms with Gasteiger partial charge in [0.15, 0.2) is 0 Å². The Bertz CT molecular complexity index is 289. The Morgan fingerprint density at radius 1 is 1.35 bits per heavy atom. The topological polar surface area (TPSA) is 67.6 Å². The van der Waals surface area contributed by atoms with Crippen molar-refractivity contribution < 1.29 is 9.53 Å². The quantitative estimate of drug-likeness (QED) is 0.697. The van der Waals surface area contributed by atoms with Crippen LogP contribution in [0, 0.1) is 5.41 Å². The van der Waals surface area contributed by atoms with Crippen molar-refractivity contribution in [3.05, 3.63) is 0 Å². The second kappa shape index (κ2) is 8.60. The van der Waals surface area contributed by atoms with Crippen molar-refractivity contribution in [3.8, 4) is 0 Å². The van der Waals surface area contributed by atoms with Crippen LogP contribution in [0.15, 0.2) is 0 Å². The molecule has 0 aromatic rings. The minimum Gasteiger partial charge on any atom is -0.379 e. The molecule has 1 atom stereocenters. The molecule has 1 unspecified atom stereocenters. The molecule has 1 heterocycles. The van der Waals surface area contributed by atoms with Gasteiger partial charge in [-0.05, 0) is 31.7 Å². The lowest BCUT2D eigenvalue weighted by Gasteiger charge is -2.29. The monoisotopic (exact) mass is 285 g/mol. The predicted molar refractivity (Wildman–Crippen MR) is 81.6 cm³/mol. The number of nitrogens with two attached hydrogens (primary N) is 1. The van der Waals surface area contributed by atoms with Crippen LogP contribution in [0.25, 0.3) is 0 Å². The van der Waals surface area contributed by atoms with Gasteiger partial charge in [-0.1, -0.05) is 13.8 Å². The number of carbonyl (C=O) groups excluding carboxylic acids is 1. The van der Waals surface area contributed by atoms with Gasteiger partial charge in [0.2, 0.25) is 5.91 Å². The van der Waals surface area contributed by atoms with Gasteiger partial charge in [0, 0.05) is 32.1 Å². The largest absolute Gasteiger partial charge is 0.379 e. The minimum absolute atomic E-state index is 0.149. The second-order valence-electron chi connectivity index (χ2n) is 6.58. The smallest absolute Gasteiger partial charge is 0.220 e. The highest BCUT2D eigenvalue weighted by molar-refractivity contribution is 5.76. The lowest BCUT2D eigenvalue weighted by molar-refractivity contribution is -0.122. The van der Waals surface area contributed by atoms with Gasteiger partial charge in [0.05, 0.1) is 13.2 Å². The van der Waals surface area contributed by atoms with Crippen molar-refractivity contribution in [1.82, 2.24) is 10.2 Å². The molecule has 0 saturated carbocycles. The lowest BCUT2D eigenvalue weighted by Crippen LogP contribution is -2.46. The van der Waals surface area contributed by atoms with Gasteiger partial charge >= 0.3 is 0 Å². The Labute approximate surface area is 123 Å². The van der Waals surface area contributed by atoms with E-state index >= 15 is 0 Å². The maximum absolute atomic E-state index is 12.0. The molecule has 0 radical (unpaired) electrons. The van der Waals surface area contributed by atoms with E-state index in [1.165, 1.54) is 0 Å². The maximum atomic E-state index is 12.0. The van der Waals surface area contributed by atoms with E-state index in [-0.39, 0.29) is 17.4 Å². The van der Waals surface area contributed by atoms with E-state index in [1.807, 2.05) is 0 Å². The van der Waals surface area contributed by atoms with E-state index in [0.29, 0.717) is 13.0 Å². The van der Waals surface area contributed by atoms with Gasteiger partial charge in [-0.3, -0.25) is 9.69 Å². The molecular formula is C15H31N3O2. The molecule has 1 amide bonds. The van der Waals surface area contributed by atoms with Crippen molar-refractivity contribution in [2.75, 3.05) is 39.4 Å². The second-order valence-corrected chi connectivity index (χ2v) is 6.58. The van der Waals surface area contributed by atoms with E-state index in [0.717, 1.165) is 45.7 Å². The standard InChI is InChI=1S/C15H31N3O2/c1-13(12-18-8-10-20-11-9-18)17-14(19)4-5-15(2,3)6-7-16/h13H,4-12,16H2,1-3H3,(H,17,19). The molecule has 1 saturated heterocycles. The number of morpholine rings is 1. The fourth-order valence-corrected chi connectivity index (χ4v) is 2.53. The molecule has 1 rings (SSSR count). The Morgan fingerprint density at radius 2 is 2.00 bits per heavy atom. The summed E-state index contributed by atoms with van der Waals surface area (Å²) in [7, 11) is 0. The van der Waals surface area contributed by atoms with Gasteiger partial charge in [0.25, 0.3) is 0 Å². The zero-order chi connectivity index (χ0) is 15.0. The van der Waals surface area contributed by atoms with E-state index in [1.54, 1.807) is 0 Å². The summed E-state index contributed by atoms with van der Waals surface area (Å²) in [5.74, 6) is 0.149. The van der Waals surface area contributed by atoms with Crippen molar-refractivity contribution in [3.63, 3.8) is 0 Å². The van der Waals surface area contributed by atoms with Crippen LogP contribution in [-0.4, -0.2) is 56.2 Å². The highest BCUT2D eigenvalue weighted by atomic mass is 16.5. The Kier molecular flexibility index (Phi) is 7.48. The molecule has 20 heavy (non-hydrogen) atoms. The third kappa shape index (κ3) is 7.22. The molecule has 118 valence electrons. The molecular weight excluding hydrogens is 254 g/mol. The first-order valence-electron chi connectivity index (χ1n) is 7.72. The zero-order valence-electron chi connectivity index (χ0n) is 13.3. The SMILES string of the molecule is CC(CN1CCOCC1)NC(=O)CCC(C)(C)CCN. The van der Waals surface area contributed by atoms with Crippen LogP contribution in [0.4, 0.5) is 0 Å². The molecule has 0 spiro atoms. The number of nitrogens with one attached hydrogen (secondary N) is 1. The normalized spacial score (nSPS) is 18.8. The summed E-state index contributed by atoms with van der Waals surface area (Å²) < 4.78 is 5.32. The highest BCUT2D eigenvalue weighted by Crippen LogP contribution is 2.25. The first kappa shape index (κ1) is 17.4. The number of rotatable bonds is 8. The Morgan fingerprint density at radius 3 is 2.60 bits per heavy atom. The molecule has 3 N–H and O–H groups in total. The summed E-state index contributed by atoms with van der Waals surface area (Å²) >= 11 is 0. The summed E-state index contributed by atoms with van der Waals surface area (Å²) in [6.45, 7) is 11.5. The molecule has 1 aliphatic rings. The van der Waals surface area contributed by atoms with Gasteiger partial charge in [-0.2, -0.15) is 0 Å². The van der Waals surface area contributed by atoms with Crippen LogP contribution in [-0.2, 0) is 9.53 Å². The van der Waals surface area contributed by atoms with Gasteiger partial charge in [0.1, 0.15) is 0 Å². The molecule has 1 fully saturated rings. The van der Waals surface area contributed by atoms with E-state index in [9.17, 15) is 4.79 Å². The number of amides is 1. The predicted octanol–water partition coefficient (Wildman–Crippen LogP) is 0.979. The Hall–Kier alpha value is -0.650. The number of hydrogen-bond donors (Lipinski definition) is 2.